The molecule has 4 heteroatoms. The Morgan fingerprint density at radius 3 is 2.83 bits per heavy atom. The number of aliphatic hydroxyl groups excluding tert-OH is 1. The van der Waals surface area contributed by atoms with Crippen LogP contribution < -0.4 is 5.32 Å². The van der Waals surface area contributed by atoms with E-state index < -0.39 is 6.10 Å². The molecule has 1 heterocycles. The van der Waals surface area contributed by atoms with Crippen molar-refractivity contribution in [1.29, 1.82) is 0 Å². The smallest absolute Gasteiger partial charge is 0.102 e. The largest absolute Gasteiger partial charge is 0.386 e. The molecule has 3 aromatic rings. The normalized spacial score (nSPS) is 12.6. The maximum atomic E-state index is 9.99. The van der Waals surface area contributed by atoms with E-state index in [4.69, 9.17) is 4.74 Å². The highest BCUT2D eigenvalue weighted by atomic mass is 32.1. The lowest BCUT2D eigenvalue weighted by Gasteiger charge is -2.12. The molecule has 1 atom stereocenters. The van der Waals surface area contributed by atoms with E-state index in [2.05, 4.69) is 35.0 Å². The van der Waals surface area contributed by atoms with E-state index in [-0.39, 0.29) is 0 Å². The summed E-state index contributed by atoms with van der Waals surface area (Å²) in [7, 11) is 0. The molecular weight excluding hydrogens is 306 g/mol. The van der Waals surface area contributed by atoms with E-state index in [9.17, 15) is 5.11 Å². The number of rotatable bonds is 8. The van der Waals surface area contributed by atoms with Crippen molar-refractivity contribution < 1.29 is 9.84 Å². The zero-order chi connectivity index (χ0) is 15.9. The number of ether oxygens (including phenoxy) is 1. The van der Waals surface area contributed by atoms with E-state index in [1.807, 2.05) is 30.3 Å². The minimum absolute atomic E-state index is 0.326. The molecule has 3 rings (SSSR count). The summed E-state index contributed by atoms with van der Waals surface area (Å²) in [6, 6.07) is 18.3. The van der Waals surface area contributed by atoms with E-state index in [0.717, 1.165) is 18.7 Å². The molecule has 1 aromatic heterocycles. The molecule has 0 spiro atoms. The van der Waals surface area contributed by atoms with Crippen LogP contribution in [-0.4, -0.2) is 24.9 Å². The van der Waals surface area contributed by atoms with Crippen LogP contribution in [-0.2, 0) is 11.3 Å². The Bertz CT molecular complexity index is 726. The first-order valence-corrected chi connectivity index (χ1v) is 8.68. The van der Waals surface area contributed by atoms with Gasteiger partial charge in [0.25, 0.3) is 0 Å². The predicted octanol–water partition coefficient (Wildman–Crippen LogP) is 3.74. The van der Waals surface area contributed by atoms with Gasteiger partial charge in [-0.15, -0.1) is 11.3 Å². The summed E-state index contributed by atoms with van der Waals surface area (Å²) in [4.78, 5) is 0. The van der Waals surface area contributed by atoms with Crippen LogP contribution in [0.3, 0.4) is 0 Å². The Labute approximate surface area is 140 Å². The van der Waals surface area contributed by atoms with Crippen LogP contribution >= 0.6 is 11.3 Å². The summed E-state index contributed by atoms with van der Waals surface area (Å²) in [5.41, 5.74) is 2.17. The van der Waals surface area contributed by atoms with Gasteiger partial charge in [0, 0.05) is 17.8 Å². The summed E-state index contributed by atoms with van der Waals surface area (Å²) in [5.74, 6) is 0. The number of fused-ring (bicyclic) bond motifs is 1. The maximum Gasteiger partial charge on any atom is 0.102 e. The predicted molar refractivity (Wildman–Crippen MR) is 95.8 cm³/mol. The van der Waals surface area contributed by atoms with Gasteiger partial charge >= 0.3 is 0 Å². The van der Waals surface area contributed by atoms with Crippen LogP contribution in [0.25, 0.3) is 10.1 Å². The lowest BCUT2D eigenvalue weighted by atomic mass is 10.1. The Morgan fingerprint density at radius 1 is 1.09 bits per heavy atom. The van der Waals surface area contributed by atoms with Crippen molar-refractivity contribution in [3.63, 3.8) is 0 Å². The monoisotopic (exact) mass is 327 g/mol. The van der Waals surface area contributed by atoms with Gasteiger partial charge in [-0.25, -0.2) is 0 Å². The zero-order valence-electron chi connectivity index (χ0n) is 12.9. The van der Waals surface area contributed by atoms with Crippen LogP contribution in [0.5, 0.6) is 0 Å². The van der Waals surface area contributed by atoms with Crippen molar-refractivity contribution in [2.75, 3.05) is 19.8 Å². The molecule has 0 saturated carbocycles. The number of hydrogen-bond donors (Lipinski definition) is 2. The van der Waals surface area contributed by atoms with Gasteiger partial charge in [-0.3, -0.25) is 0 Å². The molecule has 2 N–H and O–H groups in total. The second kappa shape index (κ2) is 8.22. The highest BCUT2D eigenvalue weighted by Crippen LogP contribution is 2.21. The van der Waals surface area contributed by atoms with E-state index in [1.54, 1.807) is 11.3 Å². The lowest BCUT2D eigenvalue weighted by molar-refractivity contribution is 0.0373. The van der Waals surface area contributed by atoms with Crippen LogP contribution in [0, 0.1) is 0 Å². The number of nitrogens with one attached hydrogen (secondary N) is 1. The third-order valence-corrected chi connectivity index (χ3v) is 4.63. The molecule has 23 heavy (non-hydrogen) atoms. The second-order valence-electron chi connectivity index (χ2n) is 5.47. The summed E-state index contributed by atoms with van der Waals surface area (Å²) in [6.07, 6.45) is -0.558. The van der Waals surface area contributed by atoms with E-state index in [1.165, 1.54) is 15.6 Å². The highest BCUT2D eigenvalue weighted by molar-refractivity contribution is 7.17. The Balaban J connectivity index is 1.34. The van der Waals surface area contributed by atoms with Crippen LogP contribution in [0.1, 0.15) is 17.2 Å². The minimum Gasteiger partial charge on any atom is -0.386 e. The average molecular weight is 327 g/mol. The Kier molecular flexibility index (Phi) is 5.77. The molecule has 1 unspecified atom stereocenters. The fourth-order valence-corrected chi connectivity index (χ4v) is 3.24. The molecule has 0 aliphatic carbocycles. The topological polar surface area (TPSA) is 41.5 Å². The fraction of sp³-hybridized carbons (Fsp3) is 0.263. The molecule has 2 aromatic carbocycles. The molecular formula is C19H21NO2S. The second-order valence-corrected chi connectivity index (χ2v) is 6.42. The molecule has 3 nitrogen and oxygen atoms in total. The van der Waals surface area contributed by atoms with Crippen LogP contribution in [0.15, 0.2) is 60.0 Å². The van der Waals surface area contributed by atoms with Gasteiger partial charge in [-0.2, -0.15) is 0 Å². The number of hydrogen-bond acceptors (Lipinski definition) is 4. The van der Waals surface area contributed by atoms with E-state index >= 15 is 0 Å². The molecule has 0 saturated heterocycles. The van der Waals surface area contributed by atoms with Crippen molar-refractivity contribution in [2.24, 2.45) is 0 Å². The van der Waals surface area contributed by atoms with Crippen molar-refractivity contribution in [1.82, 2.24) is 5.32 Å². The lowest BCUT2D eigenvalue weighted by Crippen LogP contribution is -2.20. The Morgan fingerprint density at radius 2 is 1.96 bits per heavy atom. The van der Waals surface area contributed by atoms with Gasteiger partial charge in [0.05, 0.1) is 13.2 Å². The quantitative estimate of drug-likeness (QED) is 0.619. The summed E-state index contributed by atoms with van der Waals surface area (Å²) >= 11 is 1.77. The Hall–Kier alpha value is -1.72. The molecule has 0 fully saturated rings. The first kappa shape index (κ1) is 16.1. The van der Waals surface area contributed by atoms with Gasteiger partial charge in [0.15, 0.2) is 0 Å². The van der Waals surface area contributed by atoms with Crippen molar-refractivity contribution in [2.45, 2.75) is 12.6 Å². The first-order chi connectivity index (χ1) is 11.3. The third kappa shape index (κ3) is 4.62. The average Bonchev–Trinajstić information content (AvgIpc) is 3.06. The van der Waals surface area contributed by atoms with Gasteiger partial charge in [-0.05, 0) is 40.1 Å². The molecule has 0 radical (unpaired) electrons. The molecule has 0 aliphatic heterocycles. The number of thiophene rings is 1. The van der Waals surface area contributed by atoms with Gasteiger partial charge in [0.1, 0.15) is 6.10 Å². The molecule has 120 valence electrons. The van der Waals surface area contributed by atoms with Crippen LogP contribution in [0.2, 0.25) is 0 Å². The molecule has 0 amide bonds. The van der Waals surface area contributed by atoms with Gasteiger partial charge in [-0.1, -0.05) is 36.4 Å². The number of aliphatic hydroxyl groups is 1. The summed E-state index contributed by atoms with van der Waals surface area (Å²) < 4.78 is 6.86. The van der Waals surface area contributed by atoms with Crippen molar-refractivity contribution in [3.05, 3.63) is 71.1 Å². The van der Waals surface area contributed by atoms with Crippen LogP contribution in [0.4, 0.5) is 0 Å². The first-order valence-electron chi connectivity index (χ1n) is 7.80. The number of benzene rings is 2. The zero-order valence-corrected chi connectivity index (χ0v) is 13.8. The van der Waals surface area contributed by atoms with Gasteiger partial charge < -0.3 is 15.2 Å². The standard InChI is InChI=1S/C19H21NO2S/c21-18(16-4-2-1-3-5-16)14-22-10-9-20-13-15-6-7-19-17(12-15)8-11-23-19/h1-8,11-12,18,20-21H,9-10,13-14H2. The van der Waals surface area contributed by atoms with Crippen molar-refractivity contribution in [3.8, 4) is 0 Å². The summed E-state index contributed by atoms with van der Waals surface area (Å²) in [6.45, 7) is 2.51. The summed E-state index contributed by atoms with van der Waals surface area (Å²) in [5, 5.41) is 16.8. The van der Waals surface area contributed by atoms with E-state index in [0.29, 0.717) is 13.2 Å². The molecule has 0 bridgehead atoms. The maximum absolute atomic E-state index is 9.99. The minimum atomic E-state index is -0.558. The van der Waals surface area contributed by atoms with Crippen molar-refractivity contribution >= 4 is 21.4 Å². The molecule has 0 aliphatic rings. The SMILES string of the molecule is OC(COCCNCc1ccc2sccc2c1)c1ccccc1. The fourth-order valence-electron chi connectivity index (χ4n) is 2.47. The highest BCUT2D eigenvalue weighted by Gasteiger charge is 2.06. The third-order valence-electron chi connectivity index (χ3n) is 3.73. The van der Waals surface area contributed by atoms with Gasteiger partial charge in [0.2, 0.25) is 0 Å².